The van der Waals surface area contributed by atoms with E-state index in [1.807, 2.05) is 6.07 Å². The van der Waals surface area contributed by atoms with Crippen LogP contribution in [0.2, 0.25) is 10.0 Å². The second kappa shape index (κ2) is 9.17. The molecule has 3 aromatic carbocycles. The number of nitrogens with zero attached hydrogens (tertiary/aromatic N) is 1. The van der Waals surface area contributed by atoms with E-state index < -0.39 is 22.5 Å². The third-order valence-electron chi connectivity index (χ3n) is 3.89. The van der Waals surface area contributed by atoms with Gasteiger partial charge < -0.3 is 5.32 Å². The first-order chi connectivity index (χ1) is 13.8. The molecule has 0 radical (unpaired) electrons. The van der Waals surface area contributed by atoms with Crippen molar-refractivity contribution in [2.24, 2.45) is 0 Å². The fraction of sp³-hybridized carbons (Fsp3) is 0.0500. The third kappa shape index (κ3) is 5.51. The van der Waals surface area contributed by atoms with Crippen molar-refractivity contribution in [3.05, 3.63) is 87.3 Å². The van der Waals surface area contributed by atoms with Crippen molar-refractivity contribution in [1.29, 1.82) is 0 Å². The van der Waals surface area contributed by atoms with E-state index in [1.54, 1.807) is 36.4 Å². The number of amides is 1. The van der Waals surface area contributed by atoms with Crippen LogP contribution in [0, 0.1) is 0 Å². The maximum absolute atomic E-state index is 13.2. The summed E-state index contributed by atoms with van der Waals surface area (Å²) < 4.78 is 28.3. The Morgan fingerprint density at radius 3 is 2.28 bits per heavy atom. The highest BCUT2D eigenvalue weighted by molar-refractivity contribution is 9.10. The van der Waals surface area contributed by atoms with Crippen LogP contribution in [-0.2, 0) is 14.8 Å². The van der Waals surface area contributed by atoms with Crippen molar-refractivity contribution in [3.8, 4) is 0 Å². The van der Waals surface area contributed by atoms with E-state index in [2.05, 4.69) is 21.2 Å². The van der Waals surface area contributed by atoms with Gasteiger partial charge in [0.1, 0.15) is 6.54 Å². The number of carbonyl (C=O) groups excluding carboxylic acids is 1. The van der Waals surface area contributed by atoms with Gasteiger partial charge in [-0.3, -0.25) is 9.10 Å². The van der Waals surface area contributed by atoms with Crippen LogP contribution in [0.15, 0.2) is 82.2 Å². The van der Waals surface area contributed by atoms with Gasteiger partial charge >= 0.3 is 0 Å². The normalized spacial score (nSPS) is 11.1. The molecule has 0 aliphatic rings. The highest BCUT2D eigenvalue weighted by Crippen LogP contribution is 2.27. The molecule has 29 heavy (non-hydrogen) atoms. The van der Waals surface area contributed by atoms with Crippen LogP contribution in [0.25, 0.3) is 0 Å². The number of benzene rings is 3. The number of hydrogen-bond donors (Lipinski definition) is 1. The standard InChI is InChI=1S/C20H15BrCl2N2O3S/c21-14-3-1-5-17(11-14)24-20(26)13-25(18-6-2-4-16(23)12-18)29(27,28)19-9-7-15(22)8-10-19/h1-12H,13H2,(H,24,26). The van der Waals surface area contributed by atoms with Crippen molar-refractivity contribution in [3.63, 3.8) is 0 Å². The lowest BCUT2D eigenvalue weighted by Crippen LogP contribution is -2.38. The van der Waals surface area contributed by atoms with Crippen molar-refractivity contribution in [2.75, 3.05) is 16.2 Å². The topological polar surface area (TPSA) is 66.5 Å². The summed E-state index contributed by atoms with van der Waals surface area (Å²) in [5.74, 6) is -0.499. The molecule has 0 saturated heterocycles. The number of hydrogen-bond acceptors (Lipinski definition) is 3. The first-order valence-corrected chi connectivity index (χ1v) is 11.3. The Morgan fingerprint density at radius 1 is 0.931 bits per heavy atom. The molecule has 0 unspecified atom stereocenters. The van der Waals surface area contributed by atoms with Gasteiger partial charge in [-0.15, -0.1) is 0 Å². The van der Waals surface area contributed by atoms with Gasteiger partial charge in [-0.25, -0.2) is 8.42 Å². The van der Waals surface area contributed by atoms with Crippen LogP contribution in [0.5, 0.6) is 0 Å². The number of sulfonamides is 1. The molecule has 0 aliphatic heterocycles. The third-order valence-corrected chi connectivity index (χ3v) is 6.66. The average Bonchev–Trinajstić information content (AvgIpc) is 2.66. The van der Waals surface area contributed by atoms with E-state index >= 15 is 0 Å². The number of carbonyl (C=O) groups is 1. The zero-order valence-corrected chi connectivity index (χ0v) is 18.8. The monoisotopic (exact) mass is 512 g/mol. The minimum atomic E-state index is -4.04. The molecule has 0 saturated carbocycles. The summed E-state index contributed by atoms with van der Waals surface area (Å²) in [6.45, 7) is -0.433. The van der Waals surface area contributed by atoms with Crippen LogP contribution in [0.3, 0.4) is 0 Å². The smallest absolute Gasteiger partial charge is 0.264 e. The predicted molar refractivity (Wildman–Crippen MR) is 120 cm³/mol. The first-order valence-electron chi connectivity index (χ1n) is 8.35. The molecule has 0 aromatic heterocycles. The second-order valence-electron chi connectivity index (χ2n) is 6.00. The van der Waals surface area contributed by atoms with Gasteiger partial charge in [0, 0.05) is 20.2 Å². The molecule has 3 aromatic rings. The molecule has 5 nitrogen and oxygen atoms in total. The summed E-state index contributed by atoms with van der Waals surface area (Å²) in [5.41, 5.74) is 0.816. The summed E-state index contributed by atoms with van der Waals surface area (Å²) in [7, 11) is -4.04. The van der Waals surface area contributed by atoms with E-state index in [0.717, 1.165) is 8.78 Å². The van der Waals surface area contributed by atoms with E-state index in [9.17, 15) is 13.2 Å². The lowest BCUT2D eigenvalue weighted by atomic mass is 10.3. The Balaban J connectivity index is 1.95. The largest absolute Gasteiger partial charge is 0.324 e. The highest BCUT2D eigenvalue weighted by Gasteiger charge is 2.27. The first kappa shape index (κ1) is 21.6. The molecule has 150 valence electrons. The Kier molecular flexibility index (Phi) is 6.85. The molecule has 0 atom stereocenters. The van der Waals surface area contributed by atoms with E-state index in [-0.39, 0.29) is 10.6 Å². The lowest BCUT2D eigenvalue weighted by Gasteiger charge is -2.24. The average molecular weight is 514 g/mol. The molecule has 3 rings (SSSR count). The van der Waals surface area contributed by atoms with E-state index in [4.69, 9.17) is 23.2 Å². The van der Waals surface area contributed by atoms with Gasteiger partial charge in [0.15, 0.2) is 0 Å². The maximum atomic E-state index is 13.2. The Hall–Kier alpha value is -2.06. The second-order valence-corrected chi connectivity index (χ2v) is 9.65. The van der Waals surface area contributed by atoms with Gasteiger partial charge in [0.2, 0.25) is 5.91 Å². The molecule has 1 amide bonds. The van der Waals surface area contributed by atoms with Gasteiger partial charge in [-0.05, 0) is 60.7 Å². The fourth-order valence-corrected chi connectivity index (χ4v) is 4.70. The van der Waals surface area contributed by atoms with Crippen LogP contribution in [0.4, 0.5) is 11.4 Å². The van der Waals surface area contributed by atoms with Crippen LogP contribution >= 0.6 is 39.1 Å². The molecule has 0 aliphatic carbocycles. The molecule has 9 heteroatoms. The SMILES string of the molecule is O=C(CN(c1cccc(Cl)c1)S(=O)(=O)c1ccc(Cl)cc1)Nc1cccc(Br)c1. The lowest BCUT2D eigenvalue weighted by molar-refractivity contribution is -0.114. The van der Waals surface area contributed by atoms with Crippen molar-refractivity contribution < 1.29 is 13.2 Å². The Bertz CT molecular complexity index is 1140. The Labute approximate surface area is 187 Å². The molecular weight excluding hydrogens is 499 g/mol. The summed E-state index contributed by atoms with van der Waals surface area (Å²) in [5, 5.41) is 3.46. The van der Waals surface area contributed by atoms with Crippen LogP contribution < -0.4 is 9.62 Å². The fourth-order valence-electron chi connectivity index (χ4n) is 2.58. The minimum Gasteiger partial charge on any atom is -0.324 e. The maximum Gasteiger partial charge on any atom is 0.264 e. The predicted octanol–water partition coefficient (Wildman–Crippen LogP) is 5.59. The van der Waals surface area contributed by atoms with E-state index in [1.165, 1.54) is 30.3 Å². The Morgan fingerprint density at radius 2 is 1.62 bits per heavy atom. The van der Waals surface area contributed by atoms with E-state index in [0.29, 0.717) is 15.7 Å². The number of anilines is 2. The number of rotatable bonds is 6. The summed E-state index contributed by atoms with van der Waals surface area (Å²) in [4.78, 5) is 12.6. The number of nitrogens with one attached hydrogen (secondary N) is 1. The molecule has 1 N–H and O–H groups in total. The summed E-state index contributed by atoms with van der Waals surface area (Å²) >= 11 is 15.3. The van der Waals surface area contributed by atoms with Crippen molar-refractivity contribution in [2.45, 2.75) is 4.90 Å². The zero-order valence-electron chi connectivity index (χ0n) is 14.8. The van der Waals surface area contributed by atoms with Gasteiger partial charge in [-0.2, -0.15) is 0 Å². The molecule has 0 fully saturated rings. The van der Waals surface area contributed by atoms with Crippen LogP contribution in [-0.4, -0.2) is 20.9 Å². The minimum absolute atomic E-state index is 0.0112. The highest BCUT2D eigenvalue weighted by atomic mass is 79.9. The van der Waals surface area contributed by atoms with Gasteiger partial charge in [-0.1, -0.05) is 51.3 Å². The number of halogens is 3. The van der Waals surface area contributed by atoms with Gasteiger partial charge in [0.25, 0.3) is 10.0 Å². The summed E-state index contributed by atoms with van der Waals surface area (Å²) in [6, 6.07) is 19.1. The summed E-state index contributed by atoms with van der Waals surface area (Å²) in [6.07, 6.45) is 0. The van der Waals surface area contributed by atoms with Crippen molar-refractivity contribution in [1.82, 2.24) is 0 Å². The molecular formula is C20H15BrCl2N2O3S. The van der Waals surface area contributed by atoms with Crippen molar-refractivity contribution >= 4 is 66.4 Å². The quantitative estimate of drug-likeness (QED) is 0.467. The molecule has 0 spiro atoms. The van der Waals surface area contributed by atoms with Gasteiger partial charge in [0.05, 0.1) is 10.6 Å². The molecule has 0 bridgehead atoms. The van der Waals surface area contributed by atoms with Crippen LogP contribution in [0.1, 0.15) is 0 Å². The molecule has 0 heterocycles. The zero-order chi connectivity index (χ0) is 21.0.